The van der Waals surface area contributed by atoms with Crippen LogP contribution in [0.3, 0.4) is 0 Å². The van der Waals surface area contributed by atoms with E-state index in [1.807, 2.05) is 0 Å². The van der Waals surface area contributed by atoms with Gasteiger partial charge < -0.3 is 14.2 Å². The number of rotatable bonds is 58. The fourth-order valence-electron chi connectivity index (χ4n) is 9.35. The van der Waals surface area contributed by atoms with Gasteiger partial charge in [-0.1, -0.05) is 282 Å². The topological polar surface area (TPSA) is 78.9 Å². The molecule has 0 fully saturated rings. The van der Waals surface area contributed by atoms with Gasteiger partial charge in [-0.3, -0.25) is 14.4 Å². The van der Waals surface area contributed by atoms with Crippen LogP contribution in [0.1, 0.15) is 342 Å². The highest BCUT2D eigenvalue weighted by molar-refractivity contribution is 5.71. The molecule has 1 atom stereocenters. The molecule has 0 heterocycles. The minimum atomic E-state index is -0.772. The van der Waals surface area contributed by atoms with E-state index in [9.17, 15) is 14.4 Å². The van der Waals surface area contributed by atoms with E-state index in [-0.39, 0.29) is 31.1 Å². The van der Waals surface area contributed by atoms with Gasteiger partial charge in [0.15, 0.2) is 6.10 Å². The maximum atomic E-state index is 12.9. The van der Waals surface area contributed by atoms with Crippen molar-refractivity contribution in [1.82, 2.24) is 0 Å². The van der Waals surface area contributed by atoms with Crippen molar-refractivity contribution in [3.8, 4) is 0 Å². The molecule has 0 bridgehead atoms. The van der Waals surface area contributed by atoms with Gasteiger partial charge >= 0.3 is 17.9 Å². The Morgan fingerprint density at radius 2 is 0.507 bits per heavy atom. The maximum Gasteiger partial charge on any atom is 0.306 e. The summed E-state index contributed by atoms with van der Waals surface area (Å²) in [4.78, 5) is 38.3. The summed E-state index contributed by atoms with van der Waals surface area (Å²) in [6.07, 6.45) is 72.8. The van der Waals surface area contributed by atoms with Crippen LogP contribution in [0.2, 0.25) is 0 Å². The Bertz CT molecular complexity index is 1190. The number of esters is 3. The van der Waals surface area contributed by atoms with Crippen molar-refractivity contribution in [2.75, 3.05) is 13.2 Å². The van der Waals surface area contributed by atoms with Crippen molar-refractivity contribution >= 4 is 17.9 Å². The molecule has 0 aromatic carbocycles. The zero-order valence-electron chi connectivity index (χ0n) is 47.8. The van der Waals surface area contributed by atoms with E-state index >= 15 is 0 Å². The number of hydrogen-bond donors (Lipinski definition) is 0. The molecule has 6 nitrogen and oxygen atoms in total. The van der Waals surface area contributed by atoms with Crippen molar-refractivity contribution in [2.24, 2.45) is 0 Å². The van der Waals surface area contributed by atoms with Crippen LogP contribution >= 0.6 is 0 Å². The molecular weight excluding hydrogens is 877 g/mol. The summed E-state index contributed by atoms with van der Waals surface area (Å²) in [5, 5.41) is 0. The zero-order valence-corrected chi connectivity index (χ0v) is 47.8. The van der Waals surface area contributed by atoms with Crippen LogP contribution in [-0.2, 0) is 28.6 Å². The third-order valence-electron chi connectivity index (χ3n) is 14.1. The van der Waals surface area contributed by atoms with E-state index < -0.39 is 6.10 Å². The summed E-state index contributed by atoms with van der Waals surface area (Å²) < 4.78 is 16.9. The van der Waals surface area contributed by atoms with E-state index in [0.717, 1.165) is 64.2 Å². The van der Waals surface area contributed by atoms with E-state index in [1.165, 1.54) is 238 Å². The molecule has 0 aliphatic rings. The molecular formula is C65H120O6. The van der Waals surface area contributed by atoms with Crippen LogP contribution in [0.4, 0.5) is 0 Å². The summed E-state index contributed by atoms with van der Waals surface area (Å²) in [6, 6.07) is 0. The highest BCUT2D eigenvalue weighted by Gasteiger charge is 2.19. The molecule has 0 aromatic rings. The van der Waals surface area contributed by atoms with Gasteiger partial charge in [0, 0.05) is 19.3 Å². The Hall–Kier alpha value is -2.37. The van der Waals surface area contributed by atoms with Gasteiger partial charge in [-0.25, -0.2) is 0 Å². The Morgan fingerprint density at radius 3 is 0.789 bits per heavy atom. The van der Waals surface area contributed by atoms with Gasteiger partial charge in [0.25, 0.3) is 0 Å². The van der Waals surface area contributed by atoms with Crippen molar-refractivity contribution in [1.29, 1.82) is 0 Å². The van der Waals surface area contributed by atoms with Crippen LogP contribution in [-0.4, -0.2) is 37.2 Å². The lowest BCUT2D eigenvalue weighted by atomic mass is 10.0. The Kier molecular flexibility index (Phi) is 58.2. The van der Waals surface area contributed by atoms with E-state index in [0.29, 0.717) is 19.3 Å². The molecule has 0 aliphatic carbocycles. The fourth-order valence-corrected chi connectivity index (χ4v) is 9.35. The Labute approximate surface area is 442 Å². The molecule has 0 N–H and O–H groups in total. The van der Waals surface area contributed by atoms with Gasteiger partial charge in [-0.05, 0) is 77.0 Å². The summed E-state index contributed by atoms with van der Waals surface area (Å²) in [6.45, 7) is 6.67. The van der Waals surface area contributed by atoms with Crippen LogP contribution in [0.5, 0.6) is 0 Å². The summed E-state index contributed by atoms with van der Waals surface area (Å²) in [5.74, 6) is -0.855. The quantitative estimate of drug-likeness (QED) is 0.0261. The molecule has 0 spiro atoms. The molecule has 6 heteroatoms. The Morgan fingerprint density at radius 1 is 0.282 bits per heavy atom. The number of hydrogen-bond acceptors (Lipinski definition) is 6. The number of carbonyl (C=O) groups excluding carboxylic acids is 3. The highest BCUT2D eigenvalue weighted by atomic mass is 16.6. The molecule has 0 saturated carbocycles. The monoisotopic (exact) mass is 997 g/mol. The first-order valence-electron chi connectivity index (χ1n) is 31.5. The minimum absolute atomic E-state index is 0.0700. The number of carbonyl (C=O) groups is 3. The summed E-state index contributed by atoms with van der Waals surface area (Å²) >= 11 is 0. The lowest BCUT2D eigenvalue weighted by Crippen LogP contribution is -2.30. The number of unbranched alkanes of at least 4 members (excludes halogenated alkanes) is 41. The van der Waals surface area contributed by atoms with Gasteiger partial charge in [0.1, 0.15) is 13.2 Å². The van der Waals surface area contributed by atoms with Gasteiger partial charge in [-0.15, -0.1) is 0 Å². The van der Waals surface area contributed by atoms with Crippen molar-refractivity contribution in [2.45, 2.75) is 348 Å². The molecule has 0 aliphatic heterocycles. The lowest BCUT2D eigenvalue weighted by molar-refractivity contribution is -0.167. The molecule has 71 heavy (non-hydrogen) atoms. The first-order chi connectivity index (χ1) is 35.0. The van der Waals surface area contributed by atoms with Crippen LogP contribution < -0.4 is 0 Å². The third-order valence-corrected chi connectivity index (χ3v) is 14.1. The zero-order chi connectivity index (χ0) is 51.4. The van der Waals surface area contributed by atoms with Crippen molar-refractivity contribution in [3.63, 3.8) is 0 Å². The van der Waals surface area contributed by atoms with Gasteiger partial charge in [-0.2, -0.15) is 0 Å². The first kappa shape index (κ1) is 68.6. The molecule has 0 aromatic heterocycles. The first-order valence-corrected chi connectivity index (χ1v) is 31.5. The average Bonchev–Trinajstić information content (AvgIpc) is 3.37. The molecule has 0 radical (unpaired) electrons. The Balaban J connectivity index is 4.31. The molecule has 416 valence electrons. The summed E-state index contributed by atoms with van der Waals surface area (Å²) in [7, 11) is 0. The fraction of sp³-hybridized carbons (Fsp3) is 0.862. The second kappa shape index (κ2) is 60.2. The predicted molar refractivity (Wildman–Crippen MR) is 307 cm³/mol. The third kappa shape index (κ3) is 58.4. The second-order valence-electron chi connectivity index (χ2n) is 21.3. The van der Waals surface area contributed by atoms with E-state index in [2.05, 4.69) is 57.2 Å². The normalized spacial score (nSPS) is 12.2. The highest BCUT2D eigenvalue weighted by Crippen LogP contribution is 2.17. The maximum absolute atomic E-state index is 12.9. The smallest absolute Gasteiger partial charge is 0.306 e. The number of ether oxygens (including phenoxy) is 3. The number of allylic oxidation sites excluding steroid dienone is 6. The molecule has 0 amide bonds. The molecule has 1 unspecified atom stereocenters. The second-order valence-corrected chi connectivity index (χ2v) is 21.3. The van der Waals surface area contributed by atoms with E-state index in [4.69, 9.17) is 14.2 Å². The summed E-state index contributed by atoms with van der Waals surface area (Å²) in [5.41, 5.74) is 0. The van der Waals surface area contributed by atoms with Crippen LogP contribution in [0.15, 0.2) is 36.5 Å². The van der Waals surface area contributed by atoms with Crippen LogP contribution in [0, 0.1) is 0 Å². The predicted octanol–water partition coefficient (Wildman–Crippen LogP) is 21.2. The molecule has 0 saturated heterocycles. The SMILES string of the molecule is CCCCCCC/C=C\C/C=C\CCCCCCCCCCCC(=O)OCC(COC(=O)CCCCCCCCCCCCCCC)OC(=O)CCCCCCCCCCC/C=C\CCCCCCCC. The minimum Gasteiger partial charge on any atom is -0.462 e. The average molecular weight is 998 g/mol. The van der Waals surface area contributed by atoms with Gasteiger partial charge in [0.05, 0.1) is 0 Å². The van der Waals surface area contributed by atoms with E-state index in [1.54, 1.807) is 0 Å². The molecule has 0 rings (SSSR count). The van der Waals surface area contributed by atoms with Crippen LogP contribution in [0.25, 0.3) is 0 Å². The van der Waals surface area contributed by atoms with Crippen molar-refractivity contribution < 1.29 is 28.6 Å². The standard InChI is InChI=1S/C65H120O6/c1-4-7-10-13-16-19-22-25-27-29-31-32-34-35-37-40-43-46-49-52-55-58-64(67)70-61-62(60-69-63(66)57-54-51-48-45-42-39-24-21-18-15-12-9-6-3)71-65(68)59-56-53-50-47-44-41-38-36-33-30-28-26-23-20-17-14-11-8-5-2/h22,25-26,28-29,31,62H,4-21,23-24,27,30,32-61H2,1-3H3/b25-22-,28-26-,31-29-. The van der Waals surface area contributed by atoms with Crippen molar-refractivity contribution in [3.05, 3.63) is 36.5 Å². The largest absolute Gasteiger partial charge is 0.462 e. The van der Waals surface area contributed by atoms with Gasteiger partial charge in [0.2, 0.25) is 0 Å². The lowest BCUT2D eigenvalue weighted by Gasteiger charge is -2.18.